The number of nitrogens with zero attached hydrogens (tertiary/aromatic N) is 1. The van der Waals surface area contributed by atoms with Crippen LogP contribution in [0.3, 0.4) is 0 Å². The third-order valence-electron chi connectivity index (χ3n) is 3.90. The van der Waals surface area contributed by atoms with Crippen LogP contribution in [-0.4, -0.2) is 55.5 Å². The summed E-state index contributed by atoms with van der Waals surface area (Å²) in [5, 5.41) is 10.4. The molecular weight excluding hydrogens is 216 g/mol. The molecule has 4 nitrogen and oxygen atoms in total. The van der Waals surface area contributed by atoms with Crippen LogP contribution in [0.4, 0.5) is 0 Å². The summed E-state index contributed by atoms with van der Waals surface area (Å²) < 4.78 is 5.60. The molecule has 3 N–H and O–H groups in total. The molecule has 0 aromatic heterocycles. The Hall–Kier alpha value is -0.160. The molecule has 2 saturated carbocycles. The number of hydrogen-bond acceptors (Lipinski definition) is 4. The van der Waals surface area contributed by atoms with E-state index >= 15 is 0 Å². The van der Waals surface area contributed by atoms with Crippen molar-refractivity contribution >= 4 is 0 Å². The first-order valence-electron chi connectivity index (χ1n) is 6.83. The lowest BCUT2D eigenvalue weighted by Crippen LogP contribution is -2.49. The molecule has 0 amide bonds. The first-order chi connectivity index (χ1) is 8.14. The van der Waals surface area contributed by atoms with Gasteiger partial charge in [-0.05, 0) is 44.6 Å². The minimum Gasteiger partial charge on any atom is -0.387 e. The van der Waals surface area contributed by atoms with E-state index in [2.05, 4.69) is 4.90 Å². The van der Waals surface area contributed by atoms with Crippen molar-refractivity contribution in [3.05, 3.63) is 0 Å². The molecule has 2 aliphatic carbocycles. The number of nitrogens with two attached hydrogens (primary N) is 1. The van der Waals surface area contributed by atoms with Gasteiger partial charge in [-0.1, -0.05) is 0 Å². The SMILES string of the molecule is CN(CCOCC1CC1)CC(O)(CN)C1CC1. The van der Waals surface area contributed by atoms with Crippen molar-refractivity contribution < 1.29 is 9.84 Å². The van der Waals surface area contributed by atoms with Crippen LogP contribution in [0.1, 0.15) is 25.7 Å². The second-order valence-corrected chi connectivity index (χ2v) is 5.84. The minimum absolute atomic E-state index is 0.366. The molecule has 100 valence electrons. The maximum absolute atomic E-state index is 10.4. The van der Waals surface area contributed by atoms with E-state index in [4.69, 9.17) is 10.5 Å². The number of rotatable bonds is 9. The zero-order valence-corrected chi connectivity index (χ0v) is 10.9. The summed E-state index contributed by atoms with van der Waals surface area (Å²) in [7, 11) is 2.03. The van der Waals surface area contributed by atoms with Crippen LogP contribution in [0.5, 0.6) is 0 Å². The molecule has 0 bridgehead atoms. The fourth-order valence-corrected chi connectivity index (χ4v) is 2.28. The Labute approximate surface area is 104 Å². The van der Waals surface area contributed by atoms with Gasteiger partial charge in [-0.15, -0.1) is 0 Å². The molecule has 0 spiro atoms. The van der Waals surface area contributed by atoms with Crippen molar-refractivity contribution in [3.63, 3.8) is 0 Å². The third kappa shape index (κ3) is 4.21. The highest BCUT2D eigenvalue weighted by Crippen LogP contribution is 2.39. The van der Waals surface area contributed by atoms with Gasteiger partial charge in [0.2, 0.25) is 0 Å². The summed E-state index contributed by atoms with van der Waals surface area (Å²) in [6.45, 7) is 3.59. The van der Waals surface area contributed by atoms with Crippen molar-refractivity contribution in [3.8, 4) is 0 Å². The Morgan fingerprint density at radius 1 is 1.35 bits per heavy atom. The molecule has 17 heavy (non-hydrogen) atoms. The van der Waals surface area contributed by atoms with Gasteiger partial charge < -0.3 is 20.5 Å². The van der Waals surface area contributed by atoms with E-state index in [0.29, 0.717) is 19.0 Å². The molecule has 0 heterocycles. The second kappa shape index (κ2) is 5.65. The van der Waals surface area contributed by atoms with Crippen LogP contribution in [0.2, 0.25) is 0 Å². The van der Waals surface area contributed by atoms with Gasteiger partial charge in [0.1, 0.15) is 0 Å². The van der Waals surface area contributed by atoms with E-state index < -0.39 is 5.60 Å². The highest BCUT2D eigenvalue weighted by Gasteiger charge is 2.43. The molecule has 0 aliphatic heterocycles. The number of ether oxygens (including phenoxy) is 1. The van der Waals surface area contributed by atoms with Crippen molar-refractivity contribution in [2.45, 2.75) is 31.3 Å². The normalized spacial score (nSPS) is 24.0. The van der Waals surface area contributed by atoms with Gasteiger partial charge in [-0.3, -0.25) is 0 Å². The van der Waals surface area contributed by atoms with Gasteiger partial charge in [0, 0.05) is 26.2 Å². The summed E-state index contributed by atoms with van der Waals surface area (Å²) in [4.78, 5) is 2.14. The quantitative estimate of drug-likeness (QED) is 0.576. The van der Waals surface area contributed by atoms with Gasteiger partial charge >= 0.3 is 0 Å². The average molecular weight is 242 g/mol. The predicted octanol–water partition coefficient (Wildman–Crippen LogP) is 0.445. The minimum atomic E-state index is -0.675. The van der Waals surface area contributed by atoms with Crippen LogP contribution in [0, 0.1) is 11.8 Å². The molecule has 0 aromatic rings. The van der Waals surface area contributed by atoms with Crippen LogP contribution in [0.15, 0.2) is 0 Å². The molecule has 1 unspecified atom stereocenters. The largest absolute Gasteiger partial charge is 0.387 e. The molecule has 0 saturated heterocycles. The lowest BCUT2D eigenvalue weighted by Gasteiger charge is -2.31. The Balaban J connectivity index is 1.59. The molecule has 2 rings (SSSR count). The van der Waals surface area contributed by atoms with E-state index in [-0.39, 0.29) is 0 Å². The molecular formula is C13H26N2O2. The third-order valence-corrected chi connectivity index (χ3v) is 3.90. The van der Waals surface area contributed by atoms with Crippen molar-refractivity contribution in [2.75, 3.05) is 39.9 Å². The fourth-order valence-electron chi connectivity index (χ4n) is 2.28. The lowest BCUT2D eigenvalue weighted by molar-refractivity contribution is -0.00857. The Bertz CT molecular complexity index is 242. The van der Waals surface area contributed by atoms with E-state index in [0.717, 1.165) is 38.5 Å². The van der Waals surface area contributed by atoms with Crippen molar-refractivity contribution in [1.29, 1.82) is 0 Å². The number of likely N-dealkylation sites (N-methyl/N-ethyl adjacent to an activating group) is 1. The summed E-state index contributed by atoms with van der Waals surface area (Å²) in [5.41, 5.74) is 5.02. The van der Waals surface area contributed by atoms with Crippen molar-refractivity contribution in [1.82, 2.24) is 4.90 Å². The first kappa shape index (κ1) is 13.3. The van der Waals surface area contributed by atoms with Crippen LogP contribution >= 0.6 is 0 Å². The predicted molar refractivity (Wildman–Crippen MR) is 67.8 cm³/mol. The van der Waals surface area contributed by atoms with Gasteiger partial charge in [0.25, 0.3) is 0 Å². The smallest absolute Gasteiger partial charge is 0.0923 e. The van der Waals surface area contributed by atoms with E-state index in [9.17, 15) is 5.11 Å². The monoisotopic (exact) mass is 242 g/mol. The van der Waals surface area contributed by atoms with Crippen LogP contribution < -0.4 is 5.73 Å². The van der Waals surface area contributed by atoms with Gasteiger partial charge in [0.15, 0.2) is 0 Å². The zero-order chi connectivity index (χ0) is 12.3. The Morgan fingerprint density at radius 2 is 2.06 bits per heavy atom. The second-order valence-electron chi connectivity index (χ2n) is 5.84. The zero-order valence-electron chi connectivity index (χ0n) is 10.9. The van der Waals surface area contributed by atoms with Crippen LogP contribution in [-0.2, 0) is 4.74 Å². The molecule has 2 fully saturated rings. The fraction of sp³-hybridized carbons (Fsp3) is 1.00. The molecule has 4 heteroatoms. The van der Waals surface area contributed by atoms with Crippen LogP contribution in [0.25, 0.3) is 0 Å². The maximum Gasteiger partial charge on any atom is 0.0923 e. The summed E-state index contributed by atoms with van der Waals surface area (Å²) in [5.74, 6) is 1.25. The number of hydrogen-bond donors (Lipinski definition) is 2. The Morgan fingerprint density at radius 3 is 2.59 bits per heavy atom. The maximum atomic E-state index is 10.4. The van der Waals surface area contributed by atoms with E-state index in [1.165, 1.54) is 12.8 Å². The summed E-state index contributed by atoms with van der Waals surface area (Å²) in [6, 6.07) is 0. The molecule has 1 atom stereocenters. The molecule has 0 aromatic carbocycles. The topological polar surface area (TPSA) is 58.7 Å². The average Bonchev–Trinajstić information content (AvgIpc) is 3.17. The summed E-state index contributed by atoms with van der Waals surface area (Å²) >= 11 is 0. The van der Waals surface area contributed by atoms with Gasteiger partial charge in [-0.25, -0.2) is 0 Å². The van der Waals surface area contributed by atoms with E-state index in [1.54, 1.807) is 0 Å². The lowest BCUT2D eigenvalue weighted by atomic mass is 9.97. The molecule has 0 radical (unpaired) electrons. The first-order valence-corrected chi connectivity index (χ1v) is 6.83. The van der Waals surface area contributed by atoms with E-state index in [1.807, 2.05) is 7.05 Å². The summed E-state index contributed by atoms with van der Waals surface area (Å²) in [6.07, 6.45) is 4.92. The van der Waals surface area contributed by atoms with Gasteiger partial charge in [0.05, 0.1) is 12.2 Å². The standard InChI is InChI=1S/C13H26N2O2/c1-15(6-7-17-8-11-2-3-11)10-13(16,9-14)12-4-5-12/h11-12,16H,2-10,14H2,1H3. The number of aliphatic hydroxyl groups is 1. The van der Waals surface area contributed by atoms with Crippen molar-refractivity contribution in [2.24, 2.45) is 17.6 Å². The Kier molecular flexibility index (Phi) is 4.42. The highest BCUT2D eigenvalue weighted by molar-refractivity contribution is 4.97. The molecule has 2 aliphatic rings. The highest BCUT2D eigenvalue weighted by atomic mass is 16.5. The van der Waals surface area contributed by atoms with Gasteiger partial charge in [-0.2, -0.15) is 0 Å².